The van der Waals surface area contributed by atoms with Gasteiger partial charge in [0.15, 0.2) is 0 Å². The number of aromatic nitrogens is 3. The van der Waals surface area contributed by atoms with Crippen LogP contribution < -0.4 is 0 Å². The van der Waals surface area contributed by atoms with Gasteiger partial charge in [-0.1, -0.05) is 0 Å². The molecule has 1 saturated heterocycles. The van der Waals surface area contributed by atoms with Crippen molar-refractivity contribution in [1.82, 2.24) is 24.6 Å². The summed E-state index contributed by atoms with van der Waals surface area (Å²) in [5.41, 5.74) is 0. The summed E-state index contributed by atoms with van der Waals surface area (Å²) >= 11 is 0. The number of carbonyl (C=O) groups excluding carboxylic acids is 1. The third kappa shape index (κ3) is 2.63. The van der Waals surface area contributed by atoms with Crippen molar-refractivity contribution in [2.24, 2.45) is 5.92 Å². The van der Waals surface area contributed by atoms with E-state index in [-0.39, 0.29) is 5.91 Å². The maximum Gasteiger partial charge on any atom is 0.237 e. The van der Waals surface area contributed by atoms with Crippen LogP contribution in [0.2, 0.25) is 0 Å². The van der Waals surface area contributed by atoms with Gasteiger partial charge in [-0.05, 0) is 18.8 Å². The van der Waals surface area contributed by atoms with E-state index in [9.17, 15) is 4.79 Å². The van der Waals surface area contributed by atoms with E-state index in [2.05, 4.69) is 15.0 Å². The van der Waals surface area contributed by atoms with Gasteiger partial charge in [0.1, 0.15) is 12.7 Å². The summed E-state index contributed by atoms with van der Waals surface area (Å²) < 4.78 is 1.80. The topological polar surface area (TPSA) is 54.3 Å². The molecule has 6 heteroatoms. The summed E-state index contributed by atoms with van der Waals surface area (Å²) in [6, 6.07) is 0. The third-order valence-electron chi connectivity index (χ3n) is 3.37. The molecule has 17 heavy (non-hydrogen) atoms. The average Bonchev–Trinajstić information content (AvgIpc) is 2.86. The van der Waals surface area contributed by atoms with Crippen LogP contribution in [0, 0.1) is 5.92 Å². The quantitative estimate of drug-likeness (QED) is 0.708. The van der Waals surface area contributed by atoms with Gasteiger partial charge in [0.25, 0.3) is 0 Å². The zero-order chi connectivity index (χ0) is 11.7. The van der Waals surface area contributed by atoms with Crippen LogP contribution in [0.3, 0.4) is 0 Å². The molecule has 3 rings (SSSR count). The van der Waals surface area contributed by atoms with Crippen molar-refractivity contribution >= 4 is 5.91 Å². The fourth-order valence-electron chi connectivity index (χ4n) is 2.18. The van der Waals surface area contributed by atoms with Gasteiger partial charge in [0.2, 0.25) is 5.91 Å². The Morgan fingerprint density at radius 2 is 2.24 bits per heavy atom. The van der Waals surface area contributed by atoms with Crippen LogP contribution in [-0.4, -0.2) is 56.8 Å². The highest BCUT2D eigenvalue weighted by molar-refractivity contribution is 5.80. The largest absolute Gasteiger partial charge is 0.328 e. The Hall–Kier alpha value is -1.43. The van der Waals surface area contributed by atoms with Crippen molar-refractivity contribution in [3.05, 3.63) is 12.7 Å². The Morgan fingerprint density at radius 1 is 1.35 bits per heavy atom. The number of hydrogen-bond donors (Lipinski definition) is 0. The van der Waals surface area contributed by atoms with E-state index in [1.807, 2.05) is 4.90 Å². The standard InChI is InChI=1S/C11H17N5O/c17-11-6-14(3-4-16-8-12-7-13-16)9-15(11)5-10-1-2-10/h7-8,10H,1-6,9H2. The first-order chi connectivity index (χ1) is 8.31. The summed E-state index contributed by atoms with van der Waals surface area (Å²) in [5.74, 6) is 1.05. The Labute approximate surface area is 100 Å². The predicted molar refractivity (Wildman–Crippen MR) is 60.9 cm³/mol. The molecule has 1 aliphatic heterocycles. The van der Waals surface area contributed by atoms with Crippen molar-refractivity contribution in [1.29, 1.82) is 0 Å². The first kappa shape index (κ1) is 10.7. The SMILES string of the molecule is O=C1CN(CCn2cncn2)CN1CC1CC1. The zero-order valence-electron chi connectivity index (χ0n) is 9.83. The van der Waals surface area contributed by atoms with E-state index in [0.717, 1.165) is 32.2 Å². The molecule has 1 amide bonds. The van der Waals surface area contributed by atoms with Crippen molar-refractivity contribution in [3.8, 4) is 0 Å². The van der Waals surface area contributed by atoms with Crippen LogP contribution in [0.1, 0.15) is 12.8 Å². The second-order valence-electron chi connectivity index (χ2n) is 4.91. The Bertz CT molecular complexity index is 387. The van der Waals surface area contributed by atoms with Crippen molar-refractivity contribution in [2.75, 3.05) is 26.3 Å². The lowest BCUT2D eigenvalue weighted by molar-refractivity contribution is -0.126. The summed E-state index contributed by atoms with van der Waals surface area (Å²) in [4.78, 5) is 19.8. The third-order valence-corrected chi connectivity index (χ3v) is 3.37. The van der Waals surface area contributed by atoms with Crippen LogP contribution >= 0.6 is 0 Å². The van der Waals surface area contributed by atoms with Crippen molar-refractivity contribution < 1.29 is 4.79 Å². The van der Waals surface area contributed by atoms with E-state index < -0.39 is 0 Å². The van der Waals surface area contributed by atoms with Gasteiger partial charge in [0, 0.05) is 13.1 Å². The normalized spacial score (nSPS) is 21.4. The molecule has 0 bridgehead atoms. The highest BCUT2D eigenvalue weighted by atomic mass is 16.2. The highest BCUT2D eigenvalue weighted by Gasteiger charge is 2.32. The molecule has 92 valence electrons. The summed E-state index contributed by atoms with van der Waals surface area (Å²) in [5, 5.41) is 4.05. The monoisotopic (exact) mass is 235 g/mol. The number of carbonyl (C=O) groups is 1. The minimum absolute atomic E-state index is 0.274. The maximum atomic E-state index is 11.8. The number of hydrogen-bond acceptors (Lipinski definition) is 4. The minimum atomic E-state index is 0.274. The van der Waals surface area contributed by atoms with Gasteiger partial charge < -0.3 is 4.90 Å². The van der Waals surface area contributed by atoms with E-state index in [0.29, 0.717) is 6.54 Å². The number of amides is 1. The lowest BCUT2D eigenvalue weighted by Crippen LogP contribution is -2.30. The Morgan fingerprint density at radius 3 is 2.94 bits per heavy atom. The number of nitrogens with zero attached hydrogens (tertiary/aromatic N) is 5. The van der Waals surface area contributed by atoms with Crippen LogP contribution in [0.4, 0.5) is 0 Å². The lowest BCUT2D eigenvalue weighted by Gasteiger charge is -2.17. The van der Waals surface area contributed by atoms with Gasteiger partial charge in [-0.2, -0.15) is 5.10 Å². The maximum absolute atomic E-state index is 11.8. The smallest absolute Gasteiger partial charge is 0.237 e. The molecule has 0 unspecified atom stereocenters. The summed E-state index contributed by atoms with van der Waals surface area (Å²) in [6.45, 7) is 3.95. The molecule has 2 fully saturated rings. The molecule has 1 aromatic rings. The first-order valence-corrected chi connectivity index (χ1v) is 6.14. The molecular formula is C11H17N5O. The van der Waals surface area contributed by atoms with Gasteiger partial charge in [-0.3, -0.25) is 14.4 Å². The van der Waals surface area contributed by atoms with Crippen LogP contribution in [0.25, 0.3) is 0 Å². The molecular weight excluding hydrogens is 218 g/mol. The Kier molecular flexibility index (Phi) is 2.80. The van der Waals surface area contributed by atoms with Gasteiger partial charge in [-0.15, -0.1) is 0 Å². The fraction of sp³-hybridized carbons (Fsp3) is 0.727. The first-order valence-electron chi connectivity index (χ1n) is 6.14. The molecule has 0 N–H and O–H groups in total. The van der Waals surface area contributed by atoms with E-state index in [4.69, 9.17) is 0 Å². The molecule has 2 heterocycles. The van der Waals surface area contributed by atoms with Crippen molar-refractivity contribution in [2.45, 2.75) is 19.4 Å². The molecule has 6 nitrogen and oxygen atoms in total. The molecule has 0 atom stereocenters. The molecule has 1 aliphatic carbocycles. The van der Waals surface area contributed by atoms with Crippen LogP contribution in [0.15, 0.2) is 12.7 Å². The van der Waals surface area contributed by atoms with Gasteiger partial charge in [0.05, 0.1) is 19.8 Å². The summed E-state index contributed by atoms with van der Waals surface area (Å²) in [7, 11) is 0. The predicted octanol–water partition coefficient (Wildman–Crippen LogP) is -0.210. The van der Waals surface area contributed by atoms with Gasteiger partial charge in [-0.25, -0.2) is 4.98 Å². The highest BCUT2D eigenvalue weighted by Crippen LogP contribution is 2.30. The molecule has 0 aromatic carbocycles. The van der Waals surface area contributed by atoms with Crippen molar-refractivity contribution in [3.63, 3.8) is 0 Å². The minimum Gasteiger partial charge on any atom is -0.328 e. The van der Waals surface area contributed by atoms with E-state index >= 15 is 0 Å². The molecule has 1 saturated carbocycles. The van der Waals surface area contributed by atoms with Crippen LogP contribution in [-0.2, 0) is 11.3 Å². The molecule has 1 aromatic heterocycles. The molecule has 0 radical (unpaired) electrons. The number of rotatable bonds is 5. The average molecular weight is 235 g/mol. The summed E-state index contributed by atoms with van der Waals surface area (Å²) in [6.07, 6.45) is 5.83. The lowest BCUT2D eigenvalue weighted by atomic mass is 10.4. The van der Waals surface area contributed by atoms with E-state index in [1.54, 1.807) is 11.0 Å². The second-order valence-corrected chi connectivity index (χ2v) is 4.91. The zero-order valence-corrected chi connectivity index (χ0v) is 9.83. The van der Waals surface area contributed by atoms with Gasteiger partial charge >= 0.3 is 0 Å². The molecule has 2 aliphatic rings. The van der Waals surface area contributed by atoms with Crippen LogP contribution in [0.5, 0.6) is 0 Å². The molecule has 0 spiro atoms. The van der Waals surface area contributed by atoms with E-state index in [1.165, 1.54) is 19.2 Å². The fourth-order valence-corrected chi connectivity index (χ4v) is 2.18. The Balaban J connectivity index is 1.47. The second kappa shape index (κ2) is 4.44.